The largest absolute Gasteiger partial charge is 0.347 e. The zero-order chi connectivity index (χ0) is 13.8. The molecule has 0 spiro atoms. The number of hydrogen-bond donors (Lipinski definition) is 3. The Morgan fingerprint density at radius 3 is 2.26 bits per heavy atom. The van der Waals surface area contributed by atoms with E-state index in [4.69, 9.17) is 17.4 Å². The predicted molar refractivity (Wildman–Crippen MR) is 76.7 cm³/mol. The van der Waals surface area contributed by atoms with Crippen molar-refractivity contribution in [2.45, 2.75) is 0 Å². The summed E-state index contributed by atoms with van der Waals surface area (Å²) in [6.07, 6.45) is 0. The molecule has 0 amide bonds. The van der Waals surface area contributed by atoms with Gasteiger partial charge < -0.3 is 10.2 Å². The minimum absolute atomic E-state index is 0.287. The summed E-state index contributed by atoms with van der Waals surface area (Å²) >= 11 is 5.83. The van der Waals surface area contributed by atoms with E-state index in [0.29, 0.717) is 16.9 Å². The molecule has 0 aliphatic carbocycles. The molecule has 0 aliphatic rings. The van der Waals surface area contributed by atoms with Crippen molar-refractivity contribution in [3.8, 4) is 0 Å². The van der Waals surface area contributed by atoms with E-state index in [1.54, 1.807) is 17.0 Å². The summed E-state index contributed by atoms with van der Waals surface area (Å²) in [7, 11) is 3.67. The second-order valence-corrected chi connectivity index (χ2v) is 4.39. The fraction of sp³-hybridized carbons (Fsp3) is 0.182. The van der Waals surface area contributed by atoms with Gasteiger partial charge in [0.05, 0.1) is 0 Å². The molecule has 0 aliphatic heterocycles. The highest BCUT2D eigenvalue weighted by atomic mass is 35.5. The lowest BCUT2D eigenvalue weighted by Gasteiger charge is -2.13. The molecule has 0 atom stereocenters. The molecule has 0 bridgehead atoms. The quantitative estimate of drug-likeness (QED) is 0.578. The molecule has 2 rings (SSSR count). The normalized spacial score (nSPS) is 10.1. The van der Waals surface area contributed by atoms with Crippen LogP contribution >= 0.6 is 11.6 Å². The van der Waals surface area contributed by atoms with Gasteiger partial charge in [-0.15, -0.1) is 0 Å². The molecule has 4 N–H and O–H groups in total. The van der Waals surface area contributed by atoms with E-state index in [1.807, 2.05) is 26.2 Å². The van der Waals surface area contributed by atoms with Crippen LogP contribution < -0.4 is 21.5 Å². The first-order valence-electron chi connectivity index (χ1n) is 5.51. The molecule has 1 aromatic carbocycles. The van der Waals surface area contributed by atoms with E-state index in [-0.39, 0.29) is 5.95 Å². The first-order chi connectivity index (χ1) is 9.08. The Kier molecular flexibility index (Phi) is 3.98. The molecule has 2 aromatic rings. The van der Waals surface area contributed by atoms with Crippen LogP contribution in [-0.2, 0) is 0 Å². The maximum atomic E-state index is 5.83. The summed E-state index contributed by atoms with van der Waals surface area (Å²) in [5.74, 6) is 6.52. The number of aromatic nitrogens is 3. The van der Waals surface area contributed by atoms with Gasteiger partial charge in [-0.2, -0.15) is 15.0 Å². The first-order valence-corrected chi connectivity index (χ1v) is 5.89. The van der Waals surface area contributed by atoms with Crippen molar-refractivity contribution in [1.82, 2.24) is 15.0 Å². The fourth-order valence-electron chi connectivity index (χ4n) is 1.35. The summed E-state index contributed by atoms with van der Waals surface area (Å²) < 4.78 is 0. The van der Waals surface area contributed by atoms with E-state index >= 15 is 0 Å². The second kappa shape index (κ2) is 5.68. The van der Waals surface area contributed by atoms with Crippen molar-refractivity contribution >= 4 is 35.1 Å². The van der Waals surface area contributed by atoms with Crippen molar-refractivity contribution in [1.29, 1.82) is 0 Å². The van der Waals surface area contributed by atoms with E-state index < -0.39 is 0 Å². The van der Waals surface area contributed by atoms with Crippen LogP contribution in [0, 0.1) is 0 Å². The number of nitrogens with zero attached hydrogens (tertiary/aromatic N) is 4. The lowest BCUT2D eigenvalue weighted by Crippen LogP contribution is -2.18. The Morgan fingerprint density at radius 2 is 1.68 bits per heavy atom. The average molecular weight is 280 g/mol. The number of nitrogens with two attached hydrogens (primary N) is 1. The maximum absolute atomic E-state index is 5.83. The van der Waals surface area contributed by atoms with Crippen molar-refractivity contribution in [2.24, 2.45) is 5.84 Å². The third kappa shape index (κ3) is 3.43. The number of benzene rings is 1. The van der Waals surface area contributed by atoms with Crippen LogP contribution in [0.5, 0.6) is 0 Å². The standard InChI is InChI=1S/C11H14ClN7/c1-19(2)11-16-9(15-10(17-11)18-13)14-8-5-3-7(12)4-6-8/h3-6H,13H2,1-2H3,(H2,14,15,16,17,18). The molecule has 1 aromatic heterocycles. The van der Waals surface area contributed by atoms with Crippen LogP contribution in [0.4, 0.5) is 23.5 Å². The van der Waals surface area contributed by atoms with Gasteiger partial charge >= 0.3 is 0 Å². The maximum Gasteiger partial charge on any atom is 0.243 e. The Bertz CT molecular complexity index is 555. The van der Waals surface area contributed by atoms with Crippen LogP contribution in [0.3, 0.4) is 0 Å². The first kappa shape index (κ1) is 13.3. The highest BCUT2D eigenvalue weighted by molar-refractivity contribution is 6.30. The summed E-state index contributed by atoms with van der Waals surface area (Å²) in [6, 6.07) is 7.22. The van der Waals surface area contributed by atoms with E-state index in [2.05, 4.69) is 25.7 Å². The third-order valence-electron chi connectivity index (χ3n) is 2.25. The molecular weight excluding hydrogens is 266 g/mol. The van der Waals surface area contributed by atoms with Crippen LogP contribution in [0.15, 0.2) is 24.3 Å². The molecule has 1 heterocycles. The molecule has 100 valence electrons. The van der Waals surface area contributed by atoms with Crippen LogP contribution in [0.2, 0.25) is 5.02 Å². The van der Waals surface area contributed by atoms with Crippen molar-refractivity contribution in [3.05, 3.63) is 29.3 Å². The molecular formula is C11H14ClN7. The zero-order valence-electron chi connectivity index (χ0n) is 10.6. The molecule has 0 saturated heterocycles. The molecule has 19 heavy (non-hydrogen) atoms. The minimum Gasteiger partial charge on any atom is -0.347 e. The van der Waals surface area contributed by atoms with Crippen molar-refractivity contribution in [3.63, 3.8) is 0 Å². The average Bonchev–Trinajstić information content (AvgIpc) is 2.41. The van der Waals surface area contributed by atoms with Crippen molar-refractivity contribution < 1.29 is 0 Å². The summed E-state index contributed by atoms with van der Waals surface area (Å²) in [6.45, 7) is 0. The summed E-state index contributed by atoms with van der Waals surface area (Å²) in [5.41, 5.74) is 3.23. The van der Waals surface area contributed by atoms with E-state index in [1.165, 1.54) is 0 Å². The van der Waals surface area contributed by atoms with Gasteiger partial charge in [0, 0.05) is 24.8 Å². The molecule has 0 radical (unpaired) electrons. The SMILES string of the molecule is CN(C)c1nc(NN)nc(Nc2ccc(Cl)cc2)n1. The zero-order valence-corrected chi connectivity index (χ0v) is 11.3. The molecule has 0 saturated carbocycles. The highest BCUT2D eigenvalue weighted by Crippen LogP contribution is 2.18. The Morgan fingerprint density at radius 1 is 1.05 bits per heavy atom. The summed E-state index contributed by atoms with van der Waals surface area (Å²) in [5, 5.41) is 3.72. The number of hydrogen-bond acceptors (Lipinski definition) is 7. The van der Waals surface area contributed by atoms with Gasteiger partial charge in [0.1, 0.15) is 0 Å². The number of nitrogen functional groups attached to an aromatic ring is 1. The van der Waals surface area contributed by atoms with Crippen LogP contribution in [0.25, 0.3) is 0 Å². The topological polar surface area (TPSA) is 92.0 Å². The number of anilines is 4. The van der Waals surface area contributed by atoms with Gasteiger partial charge in [-0.25, -0.2) is 5.84 Å². The number of nitrogens with one attached hydrogen (secondary N) is 2. The van der Waals surface area contributed by atoms with Gasteiger partial charge in [0.25, 0.3) is 0 Å². The minimum atomic E-state index is 0.287. The van der Waals surface area contributed by atoms with E-state index in [9.17, 15) is 0 Å². The lowest BCUT2D eigenvalue weighted by molar-refractivity contribution is 0.957. The molecule has 0 fully saturated rings. The Balaban J connectivity index is 2.28. The van der Waals surface area contributed by atoms with Gasteiger partial charge in [0.2, 0.25) is 17.8 Å². The van der Waals surface area contributed by atoms with Crippen molar-refractivity contribution in [2.75, 3.05) is 29.7 Å². The molecule has 7 nitrogen and oxygen atoms in total. The monoisotopic (exact) mass is 279 g/mol. The van der Waals surface area contributed by atoms with Gasteiger partial charge in [0.15, 0.2) is 0 Å². The number of halogens is 1. The lowest BCUT2D eigenvalue weighted by atomic mass is 10.3. The van der Waals surface area contributed by atoms with Gasteiger partial charge in [-0.1, -0.05) is 11.6 Å². The third-order valence-corrected chi connectivity index (χ3v) is 2.51. The smallest absolute Gasteiger partial charge is 0.243 e. The highest BCUT2D eigenvalue weighted by Gasteiger charge is 2.07. The molecule has 8 heteroatoms. The number of rotatable bonds is 4. The summed E-state index contributed by atoms with van der Waals surface area (Å²) in [4.78, 5) is 14.3. The van der Waals surface area contributed by atoms with E-state index in [0.717, 1.165) is 5.69 Å². The Labute approximate surface area is 115 Å². The van der Waals surface area contributed by atoms with Crippen LogP contribution in [0.1, 0.15) is 0 Å². The molecule has 0 unspecified atom stereocenters. The second-order valence-electron chi connectivity index (χ2n) is 3.95. The van der Waals surface area contributed by atoms with Crippen LogP contribution in [-0.4, -0.2) is 29.0 Å². The predicted octanol–water partition coefficient (Wildman–Crippen LogP) is 1.62. The number of hydrazine groups is 1. The van der Waals surface area contributed by atoms with Gasteiger partial charge in [-0.05, 0) is 24.3 Å². The Hall–Kier alpha value is -2.12. The van der Waals surface area contributed by atoms with Gasteiger partial charge in [-0.3, -0.25) is 5.43 Å². The fourth-order valence-corrected chi connectivity index (χ4v) is 1.47.